The van der Waals surface area contributed by atoms with Crippen molar-refractivity contribution in [3.63, 3.8) is 0 Å². The molecule has 0 spiro atoms. The van der Waals surface area contributed by atoms with Gasteiger partial charge >= 0.3 is 6.03 Å². The van der Waals surface area contributed by atoms with E-state index in [1.54, 1.807) is 23.9 Å². The van der Waals surface area contributed by atoms with Gasteiger partial charge in [0.1, 0.15) is 5.75 Å². The highest BCUT2D eigenvalue weighted by Crippen LogP contribution is 2.22. The highest BCUT2D eigenvalue weighted by Gasteiger charge is 2.12. The molecule has 0 bridgehead atoms. The molecule has 0 unspecified atom stereocenters. The summed E-state index contributed by atoms with van der Waals surface area (Å²) >= 11 is 5.93. The summed E-state index contributed by atoms with van der Waals surface area (Å²) in [6.45, 7) is 2.07. The highest BCUT2D eigenvalue weighted by atomic mass is 32.2. The van der Waals surface area contributed by atoms with Gasteiger partial charge in [-0.1, -0.05) is 31.0 Å². The fourth-order valence-electron chi connectivity index (χ4n) is 2.85. The molecule has 2 amide bonds. The Morgan fingerprint density at radius 3 is 2.58 bits per heavy atom. The SMILES string of the molecule is CN(C)CCCN(S)C(=O)Nc1ccc(-c2nnc(CSCCOc3ccccc3)o2)cc1. The van der Waals surface area contributed by atoms with Gasteiger partial charge in [0, 0.05) is 23.5 Å². The Morgan fingerprint density at radius 1 is 1.09 bits per heavy atom. The molecule has 0 saturated carbocycles. The molecule has 0 saturated heterocycles. The minimum absolute atomic E-state index is 0.266. The van der Waals surface area contributed by atoms with Crippen molar-refractivity contribution < 1.29 is 13.9 Å². The summed E-state index contributed by atoms with van der Waals surface area (Å²) in [5.41, 5.74) is 1.46. The van der Waals surface area contributed by atoms with Crippen LogP contribution >= 0.6 is 24.6 Å². The number of thioether (sulfide) groups is 1. The van der Waals surface area contributed by atoms with Crippen molar-refractivity contribution in [2.75, 3.05) is 44.9 Å². The van der Waals surface area contributed by atoms with Gasteiger partial charge in [0.2, 0.25) is 11.8 Å². The van der Waals surface area contributed by atoms with Crippen molar-refractivity contribution in [3.05, 3.63) is 60.5 Å². The van der Waals surface area contributed by atoms with Gasteiger partial charge in [-0.15, -0.1) is 22.0 Å². The summed E-state index contributed by atoms with van der Waals surface area (Å²) < 4.78 is 12.8. The number of carbonyl (C=O) groups excluding carboxylic acids is 1. The van der Waals surface area contributed by atoms with Crippen molar-refractivity contribution in [1.82, 2.24) is 19.4 Å². The molecule has 3 rings (SSSR count). The van der Waals surface area contributed by atoms with Crippen molar-refractivity contribution in [1.29, 1.82) is 0 Å². The lowest BCUT2D eigenvalue weighted by Crippen LogP contribution is -2.29. The van der Waals surface area contributed by atoms with E-state index in [0.29, 0.717) is 36.4 Å². The van der Waals surface area contributed by atoms with Crippen molar-refractivity contribution in [3.8, 4) is 17.2 Å². The number of amides is 2. The Labute approximate surface area is 204 Å². The molecule has 0 radical (unpaired) electrons. The van der Waals surface area contributed by atoms with Crippen molar-refractivity contribution in [2.24, 2.45) is 0 Å². The standard InChI is InChI=1S/C23H29N5O3S2/c1-27(2)13-6-14-28(32)23(29)24-19-11-9-18(10-12-19)22-26-25-21(31-22)17-33-16-15-30-20-7-4-3-5-8-20/h3-5,7-12,32H,6,13-17H2,1-2H3,(H,24,29). The van der Waals surface area contributed by atoms with Crippen LogP contribution in [0.15, 0.2) is 59.0 Å². The quantitative estimate of drug-likeness (QED) is 0.283. The summed E-state index contributed by atoms with van der Waals surface area (Å²) in [6, 6.07) is 16.7. The van der Waals surface area contributed by atoms with Crippen LogP contribution in [0, 0.1) is 0 Å². The molecule has 1 heterocycles. The smallest absolute Gasteiger partial charge is 0.331 e. The second-order valence-corrected chi connectivity index (χ2v) is 9.09. The highest BCUT2D eigenvalue weighted by molar-refractivity contribution is 7.98. The number of rotatable bonds is 12. The number of aromatic nitrogens is 2. The van der Waals surface area contributed by atoms with Crippen LogP contribution in [0.2, 0.25) is 0 Å². The summed E-state index contributed by atoms with van der Waals surface area (Å²) in [4.78, 5) is 14.3. The Balaban J connectivity index is 1.41. The molecule has 0 atom stereocenters. The number of carbonyl (C=O) groups is 1. The molecule has 0 aliphatic carbocycles. The van der Waals surface area contributed by atoms with Gasteiger partial charge < -0.3 is 19.4 Å². The predicted molar refractivity (Wildman–Crippen MR) is 136 cm³/mol. The fraction of sp³-hybridized carbons (Fsp3) is 0.348. The number of urea groups is 1. The maximum absolute atomic E-state index is 12.2. The molecule has 0 aliphatic heterocycles. The number of para-hydroxylation sites is 1. The minimum Gasteiger partial charge on any atom is -0.493 e. The lowest BCUT2D eigenvalue weighted by molar-refractivity contribution is 0.237. The normalized spacial score (nSPS) is 10.9. The average Bonchev–Trinajstić information content (AvgIpc) is 3.28. The number of ether oxygens (including phenoxy) is 1. The van der Waals surface area contributed by atoms with Gasteiger partial charge in [0.15, 0.2) is 0 Å². The third-order valence-electron chi connectivity index (χ3n) is 4.52. The van der Waals surface area contributed by atoms with Gasteiger partial charge in [-0.25, -0.2) is 4.79 Å². The molecule has 176 valence electrons. The molecule has 8 nitrogen and oxygen atoms in total. The maximum Gasteiger partial charge on any atom is 0.331 e. The number of nitrogens with one attached hydrogen (secondary N) is 1. The zero-order chi connectivity index (χ0) is 23.5. The Morgan fingerprint density at radius 2 is 1.85 bits per heavy atom. The van der Waals surface area contributed by atoms with E-state index in [1.165, 1.54) is 4.31 Å². The summed E-state index contributed by atoms with van der Waals surface area (Å²) in [6.07, 6.45) is 0.848. The number of hydrogen-bond acceptors (Lipinski definition) is 8. The zero-order valence-corrected chi connectivity index (χ0v) is 20.5. The first-order chi connectivity index (χ1) is 16.0. The van der Waals surface area contributed by atoms with Gasteiger partial charge in [0.05, 0.1) is 12.4 Å². The van der Waals surface area contributed by atoms with Crippen LogP contribution in [0.3, 0.4) is 0 Å². The fourth-order valence-corrected chi connectivity index (χ4v) is 3.67. The van der Waals surface area contributed by atoms with E-state index in [1.807, 2.05) is 56.6 Å². The van der Waals surface area contributed by atoms with Crippen molar-refractivity contribution >= 4 is 36.3 Å². The van der Waals surface area contributed by atoms with E-state index in [4.69, 9.17) is 9.15 Å². The summed E-state index contributed by atoms with van der Waals surface area (Å²) in [5.74, 6) is 3.31. The maximum atomic E-state index is 12.2. The topological polar surface area (TPSA) is 83.7 Å². The van der Waals surface area contributed by atoms with E-state index >= 15 is 0 Å². The Bertz CT molecular complexity index is 983. The minimum atomic E-state index is -0.266. The first kappa shape index (κ1) is 24.9. The number of hydrogen-bond donors (Lipinski definition) is 2. The van der Waals surface area contributed by atoms with Crippen LogP contribution in [0.25, 0.3) is 11.5 Å². The lowest BCUT2D eigenvalue weighted by Gasteiger charge is -2.17. The Hall–Kier alpha value is -2.69. The lowest BCUT2D eigenvalue weighted by atomic mass is 10.2. The number of benzene rings is 2. The predicted octanol–water partition coefficient (Wildman–Crippen LogP) is 4.68. The van der Waals surface area contributed by atoms with E-state index in [9.17, 15) is 4.79 Å². The van der Waals surface area contributed by atoms with E-state index in [2.05, 4.69) is 33.2 Å². The van der Waals surface area contributed by atoms with Gasteiger partial charge in [0.25, 0.3) is 0 Å². The zero-order valence-electron chi connectivity index (χ0n) is 18.8. The van der Waals surface area contributed by atoms with Gasteiger partial charge in [-0.05, 0) is 63.5 Å². The van der Waals surface area contributed by atoms with Gasteiger partial charge in [-0.2, -0.15) is 0 Å². The first-order valence-corrected chi connectivity index (χ1v) is 12.2. The number of anilines is 1. The van der Waals surface area contributed by atoms with Crippen LogP contribution < -0.4 is 10.1 Å². The molecule has 33 heavy (non-hydrogen) atoms. The van der Waals surface area contributed by atoms with Crippen LogP contribution in [0.4, 0.5) is 10.5 Å². The van der Waals surface area contributed by atoms with Crippen molar-refractivity contribution in [2.45, 2.75) is 12.2 Å². The third kappa shape index (κ3) is 8.64. The van der Waals surface area contributed by atoms with E-state index in [-0.39, 0.29) is 6.03 Å². The van der Waals surface area contributed by atoms with Crippen LogP contribution in [0.5, 0.6) is 5.75 Å². The van der Waals surface area contributed by atoms with Crippen LogP contribution in [-0.4, -0.2) is 65.0 Å². The molecule has 10 heteroatoms. The molecule has 3 aromatic rings. The van der Waals surface area contributed by atoms with E-state index in [0.717, 1.165) is 30.0 Å². The largest absolute Gasteiger partial charge is 0.493 e. The second kappa shape index (κ2) is 13.1. The monoisotopic (exact) mass is 487 g/mol. The molecule has 0 fully saturated rings. The summed E-state index contributed by atoms with van der Waals surface area (Å²) in [7, 11) is 4.00. The number of thiol groups is 1. The van der Waals surface area contributed by atoms with Crippen LogP contribution in [0.1, 0.15) is 12.3 Å². The second-order valence-electron chi connectivity index (χ2n) is 7.50. The molecule has 2 aromatic carbocycles. The average molecular weight is 488 g/mol. The molecular formula is C23H29N5O3S2. The van der Waals surface area contributed by atoms with Crippen LogP contribution in [-0.2, 0) is 5.75 Å². The first-order valence-electron chi connectivity index (χ1n) is 10.6. The van der Waals surface area contributed by atoms with E-state index < -0.39 is 0 Å². The number of nitrogens with zero attached hydrogens (tertiary/aromatic N) is 4. The molecule has 1 N–H and O–H groups in total. The molecule has 1 aromatic heterocycles. The Kier molecular flexibility index (Phi) is 9.92. The van der Waals surface area contributed by atoms with Gasteiger partial charge in [-0.3, -0.25) is 4.31 Å². The molecule has 0 aliphatic rings. The third-order valence-corrected chi connectivity index (χ3v) is 5.81. The summed E-state index contributed by atoms with van der Waals surface area (Å²) in [5, 5.41) is 11.1. The molecular weight excluding hydrogens is 458 g/mol.